The smallest absolute Gasteiger partial charge is 0.411 e. The predicted molar refractivity (Wildman–Crippen MR) is 408 cm³/mol. The first kappa shape index (κ1) is 92.5. The van der Waals surface area contributed by atoms with Crippen molar-refractivity contribution in [1.82, 2.24) is 59.6 Å². The van der Waals surface area contributed by atoms with Crippen LogP contribution in [0.2, 0.25) is 5.15 Å². The van der Waals surface area contributed by atoms with E-state index in [4.69, 9.17) is 41.9 Å². The second-order valence-electron chi connectivity index (χ2n) is 26.6. The van der Waals surface area contributed by atoms with Crippen LogP contribution < -0.4 is 27.0 Å². The topological polar surface area (TPSA) is 339 Å². The molecule has 3 aliphatic heterocycles. The van der Waals surface area contributed by atoms with E-state index in [0.29, 0.717) is 79.9 Å². The van der Waals surface area contributed by atoms with Gasteiger partial charge in [-0.15, -0.1) is 0 Å². The normalized spacial score (nSPS) is 14.1. The van der Waals surface area contributed by atoms with Crippen molar-refractivity contribution >= 4 is 84.6 Å². The van der Waals surface area contributed by atoms with Crippen molar-refractivity contribution in [2.75, 3.05) is 139 Å². The molecule has 0 saturated carbocycles. The molecule has 0 aliphatic carbocycles. The second-order valence-corrected chi connectivity index (χ2v) is 28.7. The molecule has 6 aromatic heterocycles. The number of pyridine rings is 3. The fourth-order valence-corrected chi connectivity index (χ4v) is 12.5. The van der Waals surface area contributed by atoms with E-state index in [-0.39, 0.29) is 45.6 Å². The van der Waals surface area contributed by atoms with Crippen LogP contribution >= 0.6 is 43.5 Å². The number of hydrogen-bond donors (Lipinski definition) is 8. The molecule has 0 saturated heterocycles. The number of nitrogens with two attached hydrogens (primary N) is 1. The quantitative estimate of drug-likeness (QED) is 0.0100. The van der Waals surface area contributed by atoms with Crippen molar-refractivity contribution in [3.8, 4) is 0 Å². The number of ether oxygens (including phenoxy) is 3. The van der Waals surface area contributed by atoms with Crippen LogP contribution in [-0.2, 0) is 73.5 Å². The molecule has 614 valence electrons. The summed E-state index contributed by atoms with van der Waals surface area (Å²) in [5.41, 5.74) is 12.9. The zero-order valence-electron chi connectivity index (χ0n) is 61.7. The van der Waals surface area contributed by atoms with E-state index in [0.717, 1.165) is 155 Å². The maximum absolute atomic E-state index is 12.4. The van der Waals surface area contributed by atoms with Crippen molar-refractivity contribution in [2.24, 2.45) is 11.7 Å². The average Bonchev–Trinajstić information content (AvgIpc) is 0.853. The number of anilines is 4. The Morgan fingerprint density at radius 1 is 0.505 bits per heavy atom. The minimum Gasteiger partial charge on any atom is -0.481 e. The van der Waals surface area contributed by atoms with Crippen LogP contribution in [0.5, 0.6) is 0 Å². The molecule has 0 fully saturated rings. The standard InChI is InChI=1S/C25H34F3N5O3.C24H32BrF3N6O3.C20H31F3N4O3.C4H2BrClN2/c26-25(27,28)17-36-15-14-33(13-9-20(24(34)35)16-22-8-11-29-18-31-22)12-2-1-5-21-7-6-19-4-3-10-30-23(19)32-21;25-19-14-29-16-31-22(19)33-20(23(35)36)8-11-34(12-13-37-15-24(26,27)28)10-2-1-5-18-7-6-17-4-3-9-30-21(17)32-18;21-20(22,23)14-30-13-12-27(11-8-17(24)19(28)29)10-2-1-5-16-7-6-15-4-3-9-25-18(15)26-16;5-3-1-7-2-8-4(3)6/h6-8,11,18,20H,1-5,9-10,12-17H2,(H,30,32)(H,34,35);6-7,14,16,20H,1-5,8-13,15H2,(H,30,32)(H,35,36)(H,29,31,33);6-7,17H,1-5,8-14,24H2,(H,25,26)(H,28,29);1-2H/t2*20-;17-;/m100./s1. The lowest BCUT2D eigenvalue weighted by Crippen LogP contribution is -2.37. The van der Waals surface area contributed by atoms with E-state index in [1.807, 2.05) is 26.8 Å². The fraction of sp³-hybridized carbons (Fsp3) is 0.589. The Morgan fingerprint density at radius 3 is 1.29 bits per heavy atom. The number of carboxylic acids is 3. The third-order valence-corrected chi connectivity index (χ3v) is 19.4. The second kappa shape index (κ2) is 50.0. The van der Waals surface area contributed by atoms with E-state index in [9.17, 15) is 64.1 Å². The molecule has 26 nitrogen and oxygen atoms in total. The van der Waals surface area contributed by atoms with Crippen molar-refractivity contribution in [2.45, 2.75) is 153 Å². The highest BCUT2D eigenvalue weighted by molar-refractivity contribution is 9.11. The molecule has 0 unspecified atom stereocenters. The van der Waals surface area contributed by atoms with Crippen LogP contribution in [-0.4, -0.2) is 242 Å². The molecule has 9 rings (SSSR count). The van der Waals surface area contributed by atoms with Gasteiger partial charge in [-0.2, -0.15) is 39.5 Å². The molecule has 9 N–H and O–H groups in total. The van der Waals surface area contributed by atoms with Gasteiger partial charge in [-0.1, -0.05) is 29.8 Å². The Balaban J connectivity index is 0.000000248. The molecular weight excluding hydrogens is 1630 g/mol. The van der Waals surface area contributed by atoms with Gasteiger partial charge >= 0.3 is 36.4 Å². The zero-order valence-corrected chi connectivity index (χ0v) is 65.6. The maximum atomic E-state index is 12.4. The van der Waals surface area contributed by atoms with Crippen LogP contribution in [0, 0.1) is 5.92 Å². The Morgan fingerprint density at radius 2 is 0.919 bits per heavy atom. The van der Waals surface area contributed by atoms with E-state index >= 15 is 0 Å². The number of nitrogens with zero attached hydrogens (tertiary/aromatic N) is 12. The fourth-order valence-electron chi connectivity index (χ4n) is 11.8. The lowest BCUT2D eigenvalue weighted by molar-refractivity contribution is -0.175. The minimum absolute atomic E-state index is 0.0682. The lowest BCUT2D eigenvalue weighted by Gasteiger charge is -2.25. The molecule has 3 atom stereocenters. The summed E-state index contributed by atoms with van der Waals surface area (Å²) in [5.74, 6) is -0.472. The van der Waals surface area contributed by atoms with Crippen LogP contribution in [0.25, 0.3) is 0 Å². The average molecular weight is 1720 g/mol. The highest BCUT2D eigenvalue weighted by Gasteiger charge is 2.30. The van der Waals surface area contributed by atoms with Crippen molar-refractivity contribution in [3.63, 3.8) is 0 Å². The van der Waals surface area contributed by atoms with Gasteiger partial charge in [0.1, 0.15) is 79.3 Å². The van der Waals surface area contributed by atoms with Crippen LogP contribution in [0.15, 0.2) is 89.0 Å². The van der Waals surface area contributed by atoms with Gasteiger partial charge < -0.3 is 71.2 Å². The van der Waals surface area contributed by atoms with Gasteiger partial charge in [0, 0.05) is 100 Å². The number of hydrogen-bond acceptors (Lipinski definition) is 23. The molecule has 0 amide bonds. The molecule has 0 spiro atoms. The number of nitrogens with one attached hydrogen (secondary N) is 4. The summed E-state index contributed by atoms with van der Waals surface area (Å²) in [6.07, 6.45) is 10.6. The monoisotopic (exact) mass is 1720 g/mol. The summed E-state index contributed by atoms with van der Waals surface area (Å²) < 4.78 is 127. The van der Waals surface area contributed by atoms with Crippen LogP contribution in [0.1, 0.15) is 117 Å². The summed E-state index contributed by atoms with van der Waals surface area (Å²) in [5, 5.41) is 41.5. The lowest BCUT2D eigenvalue weighted by atomic mass is 9.99. The molecule has 0 bridgehead atoms. The number of halogens is 12. The van der Waals surface area contributed by atoms with Gasteiger partial charge in [-0.05, 0) is 215 Å². The summed E-state index contributed by atoms with van der Waals surface area (Å²) in [7, 11) is 0. The first-order chi connectivity index (χ1) is 53.1. The van der Waals surface area contributed by atoms with E-state index in [1.165, 1.54) is 41.9 Å². The number of aryl methyl sites for hydroxylation is 6. The maximum Gasteiger partial charge on any atom is 0.411 e. The Bertz CT molecular complexity index is 3690. The first-order valence-electron chi connectivity index (χ1n) is 36.9. The molecule has 111 heavy (non-hydrogen) atoms. The van der Waals surface area contributed by atoms with Gasteiger partial charge in [0.25, 0.3) is 0 Å². The van der Waals surface area contributed by atoms with Gasteiger partial charge in [-0.3, -0.25) is 9.59 Å². The highest BCUT2D eigenvalue weighted by atomic mass is 79.9. The predicted octanol–water partition coefficient (Wildman–Crippen LogP) is 12.3. The van der Waals surface area contributed by atoms with E-state index < -0.39 is 74.3 Å². The van der Waals surface area contributed by atoms with Gasteiger partial charge in [0.15, 0.2) is 0 Å². The zero-order chi connectivity index (χ0) is 80.4. The number of carbonyl (C=O) groups is 3. The minimum atomic E-state index is -4.38. The highest BCUT2D eigenvalue weighted by Crippen LogP contribution is 2.26. The third kappa shape index (κ3) is 39.3. The van der Waals surface area contributed by atoms with Crippen LogP contribution in [0.4, 0.5) is 62.8 Å². The number of carboxylic acid groups (broad SMARTS) is 3. The number of rotatable bonds is 43. The molecule has 0 radical (unpaired) electrons. The van der Waals surface area contributed by atoms with Gasteiger partial charge in [0.05, 0.1) is 34.7 Å². The SMILES string of the molecule is Clc1ncncc1Br.N[C@@H](CCN(CCCCc1ccc2c(n1)NCCC2)CCOCC(F)(F)F)C(=O)O.O=C(O)[C@H](CCN(CCCCc1ccc2c(n1)NCCC2)CCOCC(F)(F)F)Cc1ccncn1.O=C(O)[C@H](CCN(CCCCc1ccc2c(n1)NCCC2)CCOCC(F)(F)F)Nc1ncncc1Br. The number of aromatic nitrogens is 9. The van der Waals surface area contributed by atoms with Crippen molar-refractivity contribution < 1.29 is 83.4 Å². The van der Waals surface area contributed by atoms with Crippen molar-refractivity contribution in [3.05, 3.63) is 134 Å². The molecule has 0 aromatic carbocycles. The summed E-state index contributed by atoms with van der Waals surface area (Å²) in [6.45, 7) is 2.61. The number of fused-ring (bicyclic) bond motifs is 3. The third-order valence-electron chi connectivity index (χ3n) is 17.7. The Hall–Kier alpha value is -7.36. The molecule has 6 aromatic rings. The van der Waals surface area contributed by atoms with Gasteiger partial charge in [-0.25, -0.2) is 49.7 Å². The number of aliphatic carboxylic acids is 3. The first-order valence-corrected chi connectivity index (χ1v) is 38.8. The van der Waals surface area contributed by atoms with Crippen LogP contribution in [0.3, 0.4) is 0 Å². The van der Waals surface area contributed by atoms with Crippen molar-refractivity contribution in [1.29, 1.82) is 0 Å². The summed E-state index contributed by atoms with van der Waals surface area (Å²) >= 11 is 11.9. The summed E-state index contributed by atoms with van der Waals surface area (Å²) in [6, 6.07) is 12.3. The van der Waals surface area contributed by atoms with Gasteiger partial charge in [0.2, 0.25) is 0 Å². The number of alkyl halides is 9. The Labute approximate surface area is 661 Å². The molecule has 3 aliphatic rings. The van der Waals surface area contributed by atoms with E-state index in [1.54, 1.807) is 18.5 Å². The van der Waals surface area contributed by atoms with E-state index in [2.05, 4.69) is 117 Å². The Kier molecular flexibility index (Phi) is 41.7. The summed E-state index contributed by atoms with van der Waals surface area (Å²) in [4.78, 5) is 77.6. The molecular formula is C73H99Br2ClF9N17O9. The largest absolute Gasteiger partial charge is 0.481 e. The molecule has 38 heteroatoms. The number of unbranched alkanes of at least 4 members (excludes halogenated alkanes) is 3. The molecule has 9 heterocycles.